The summed E-state index contributed by atoms with van der Waals surface area (Å²) in [4.78, 5) is 26.1. The number of carbonyl (C=O) groups is 1. The van der Waals surface area contributed by atoms with Gasteiger partial charge in [-0.1, -0.05) is 12.1 Å². The van der Waals surface area contributed by atoms with E-state index in [2.05, 4.69) is 20.6 Å². The SMILES string of the molecule is Cc1ccc2ccc(F)c(-c3ccc4nc(N[C@@H]5CC[C@@H](NC(=O)OC(C)(C)C)C5)nc(C)c4c3)c2n1. The van der Waals surface area contributed by atoms with Crippen LogP contribution in [-0.2, 0) is 4.74 Å². The summed E-state index contributed by atoms with van der Waals surface area (Å²) in [6.07, 6.45) is 2.13. The number of aryl methyl sites for hydroxylation is 2. The van der Waals surface area contributed by atoms with Crippen molar-refractivity contribution in [3.05, 3.63) is 59.7 Å². The number of carbonyl (C=O) groups excluding carboxylic acids is 1. The smallest absolute Gasteiger partial charge is 0.407 e. The monoisotopic (exact) mass is 501 g/mol. The van der Waals surface area contributed by atoms with Gasteiger partial charge in [-0.15, -0.1) is 0 Å². The minimum absolute atomic E-state index is 0.0456. The number of hydrogen-bond donors (Lipinski definition) is 2. The van der Waals surface area contributed by atoms with E-state index in [1.807, 2.05) is 65.0 Å². The summed E-state index contributed by atoms with van der Waals surface area (Å²) in [5.74, 6) is 0.242. The molecule has 1 aliphatic rings. The molecule has 5 rings (SSSR count). The van der Waals surface area contributed by atoms with Gasteiger partial charge < -0.3 is 15.4 Å². The number of pyridine rings is 1. The Morgan fingerprint density at radius 3 is 2.54 bits per heavy atom. The number of fused-ring (bicyclic) bond motifs is 2. The minimum Gasteiger partial charge on any atom is -0.444 e. The van der Waals surface area contributed by atoms with Crippen molar-refractivity contribution >= 4 is 33.8 Å². The lowest BCUT2D eigenvalue weighted by molar-refractivity contribution is 0.0505. The molecule has 1 amide bonds. The van der Waals surface area contributed by atoms with Gasteiger partial charge in [0, 0.05) is 34.1 Å². The fourth-order valence-electron chi connectivity index (χ4n) is 4.94. The molecule has 1 fully saturated rings. The van der Waals surface area contributed by atoms with Crippen LogP contribution in [0.5, 0.6) is 0 Å². The lowest BCUT2D eigenvalue weighted by Gasteiger charge is -2.22. The fourth-order valence-corrected chi connectivity index (χ4v) is 4.94. The molecular weight excluding hydrogens is 469 g/mol. The molecule has 7 nitrogen and oxygen atoms in total. The fraction of sp³-hybridized carbons (Fsp3) is 0.379. The van der Waals surface area contributed by atoms with Crippen molar-refractivity contribution < 1.29 is 13.9 Å². The van der Waals surface area contributed by atoms with Crippen LogP contribution >= 0.6 is 0 Å². The molecule has 0 saturated heterocycles. The van der Waals surface area contributed by atoms with Crippen molar-refractivity contribution in [1.82, 2.24) is 20.3 Å². The van der Waals surface area contributed by atoms with Gasteiger partial charge in [0.1, 0.15) is 11.4 Å². The second-order valence-corrected chi connectivity index (χ2v) is 10.8. The summed E-state index contributed by atoms with van der Waals surface area (Å²) in [6.45, 7) is 9.39. The average Bonchev–Trinajstić information content (AvgIpc) is 3.24. The first-order valence-electron chi connectivity index (χ1n) is 12.7. The van der Waals surface area contributed by atoms with E-state index in [0.717, 1.165) is 52.5 Å². The highest BCUT2D eigenvalue weighted by atomic mass is 19.1. The molecule has 2 N–H and O–H groups in total. The van der Waals surface area contributed by atoms with E-state index < -0.39 is 5.60 Å². The van der Waals surface area contributed by atoms with E-state index in [4.69, 9.17) is 9.72 Å². The quantitative estimate of drug-likeness (QED) is 0.334. The summed E-state index contributed by atoms with van der Waals surface area (Å²) in [5.41, 5.74) is 3.78. The summed E-state index contributed by atoms with van der Waals surface area (Å²) < 4.78 is 20.4. The number of rotatable bonds is 4. The standard InChI is InChI=1S/C29H32FN5O2/c1-16-6-7-18-8-12-23(30)25(26(18)31-16)19-9-13-24-22(14-19)17(2)32-27(35-24)33-20-10-11-21(15-20)34-28(36)37-29(3,4)5/h6-9,12-14,20-21H,10-11,15H2,1-5H3,(H,34,36)(H,32,33,35)/t20-,21-/m1/s1. The molecule has 1 saturated carbocycles. The van der Waals surface area contributed by atoms with E-state index in [1.54, 1.807) is 6.07 Å². The summed E-state index contributed by atoms with van der Waals surface area (Å²) >= 11 is 0. The highest BCUT2D eigenvalue weighted by Gasteiger charge is 2.28. The summed E-state index contributed by atoms with van der Waals surface area (Å²) in [5, 5.41) is 8.14. The Hall–Kier alpha value is -3.81. The maximum Gasteiger partial charge on any atom is 0.407 e. The zero-order valence-corrected chi connectivity index (χ0v) is 21.9. The molecule has 4 aromatic rings. The van der Waals surface area contributed by atoms with Crippen LogP contribution in [0.25, 0.3) is 32.9 Å². The molecule has 37 heavy (non-hydrogen) atoms. The molecule has 2 aromatic carbocycles. The van der Waals surface area contributed by atoms with Crippen LogP contribution in [-0.4, -0.2) is 38.7 Å². The zero-order chi connectivity index (χ0) is 26.3. The topological polar surface area (TPSA) is 89.0 Å². The Balaban J connectivity index is 1.36. The van der Waals surface area contributed by atoms with Crippen LogP contribution in [0, 0.1) is 19.7 Å². The van der Waals surface area contributed by atoms with Crippen molar-refractivity contribution in [2.75, 3.05) is 5.32 Å². The van der Waals surface area contributed by atoms with E-state index in [0.29, 0.717) is 17.0 Å². The Morgan fingerprint density at radius 2 is 1.76 bits per heavy atom. The number of anilines is 1. The Labute approximate surface area is 215 Å². The molecule has 2 atom stereocenters. The lowest BCUT2D eigenvalue weighted by atomic mass is 9.99. The number of alkyl carbamates (subject to hydrolysis) is 1. The largest absolute Gasteiger partial charge is 0.444 e. The van der Waals surface area contributed by atoms with Crippen molar-refractivity contribution in [2.45, 2.75) is 71.6 Å². The molecule has 0 unspecified atom stereocenters. The first-order chi connectivity index (χ1) is 17.6. The van der Waals surface area contributed by atoms with Crippen LogP contribution < -0.4 is 10.6 Å². The van der Waals surface area contributed by atoms with Crippen LogP contribution in [0.15, 0.2) is 42.5 Å². The lowest BCUT2D eigenvalue weighted by Crippen LogP contribution is -2.38. The first kappa shape index (κ1) is 24.9. The van der Waals surface area contributed by atoms with Crippen LogP contribution in [0.2, 0.25) is 0 Å². The maximum absolute atomic E-state index is 15.0. The molecule has 0 radical (unpaired) electrons. The van der Waals surface area contributed by atoms with Gasteiger partial charge in [0.25, 0.3) is 0 Å². The maximum atomic E-state index is 15.0. The van der Waals surface area contributed by atoms with Gasteiger partial charge in [0.05, 0.1) is 16.7 Å². The van der Waals surface area contributed by atoms with Gasteiger partial charge in [0.15, 0.2) is 0 Å². The zero-order valence-electron chi connectivity index (χ0n) is 21.9. The molecule has 192 valence electrons. The third-order valence-electron chi connectivity index (χ3n) is 6.61. The Kier molecular flexibility index (Phi) is 6.43. The van der Waals surface area contributed by atoms with Gasteiger partial charge in [-0.05, 0) is 89.8 Å². The van der Waals surface area contributed by atoms with Gasteiger partial charge in [-0.3, -0.25) is 4.98 Å². The van der Waals surface area contributed by atoms with Crippen molar-refractivity contribution in [2.24, 2.45) is 0 Å². The average molecular weight is 502 g/mol. The first-order valence-corrected chi connectivity index (χ1v) is 12.7. The van der Waals surface area contributed by atoms with Crippen LogP contribution in [0.3, 0.4) is 0 Å². The predicted octanol–water partition coefficient (Wildman–Crippen LogP) is 6.46. The Morgan fingerprint density at radius 1 is 1.00 bits per heavy atom. The predicted molar refractivity (Wildman–Crippen MR) is 144 cm³/mol. The second-order valence-electron chi connectivity index (χ2n) is 10.8. The number of hydrogen-bond acceptors (Lipinski definition) is 6. The third-order valence-corrected chi connectivity index (χ3v) is 6.61. The molecule has 2 aromatic heterocycles. The molecule has 0 spiro atoms. The molecule has 8 heteroatoms. The van der Waals surface area contributed by atoms with E-state index in [9.17, 15) is 4.79 Å². The number of halogens is 1. The molecular formula is C29H32FN5O2. The van der Waals surface area contributed by atoms with Gasteiger partial charge >= 0.3 is 6.09 Å². The van der Waals surface area contributed by atoms with E-state index in [1.165, 1.54) is 6.07 Å². The second kappa shape index (κ2) is 9.57. The van der Waals surface area contributed by atoms with Gasteiger partial charge in [-0.25, -0.2) is 19.2 Å². The molecule has 0 bridgehead atoms. The van der Waals surface area contributed by atoms with Gasteiger partial charge in [0.2, 0.25) is 5.95 Å². The minimum atomic E-state index is -0.522. The normalized spacial score (nSPS) is 17.8. The number of nitrogens with zero attached hydrogens (tertiary/aromatic N) is 3. The summed E-state index contributed by atoms with van der Waals surface area (Å²) in [7, 11) is 0. The Bertz CT molecular complexity index is 1490. The van der Waals surface area contributed by atoms with Crippen molar-refractivity contribution in [3.8, 4) is 11.1 Å². The van der Waals surface area contributed by atoms with Crippen molar-refractivity contribution in [3.63, 3.8) is 0 Å². The van der Waals surface area contributed by atoms with Gasteiger partial charge in [-0.2, -0.15) is 0 Å². The van der Waals surface area contributed by atoms with Crippen LogP contribution in [0.1, 0.15) is 51.4 Å². The van der Waals surface area contributed by atoms with Crippen molar-refractivity contribution in [1.29, 1.82) is 0 Å². The number of aromatic nitrogens is 3. The number of benzene rings is 2. The van der Waals surface area contributed by atoms with E-state index in [-0.39, 0.29) is 24.0 Å². The third kappa shape index (κ3) is 5.48. The number of ether oxygens (including phenoxy) is 1. The summed E-state index contributed by atoms with van der Waals surface area (Å²) in [6, 6.07) is 13.1. The molecule has 0 aliphatic heterocycles. The van der Waals surface area contributed by atoms with Crippen LogP contribution in [0.4, 0.5) is 15.1 Å². The molecule has 1 aliphatic carbocycles. The number of nitrogens with one attached hydrogen (secondary N) is 2. The van der Waals surface area contributed by atoms with E-state index >= 15 is 4.39 Å². The highest BCUT2D eigenvalue weighted by Crippen LogP contribution is 2.33. The number of amides is 1. The molecule has 2 heterocycles. The highest BCUT2D eigenvalue weighted by molar-refractivity contribution is 5.97.